The van der Waals surface area contributed by atoms with Gasteiger partial charge in [-0.15, -0.1) is 0 Å². The maximum Gasteiger partial charge on any atom is 0.122 e. The van der Waals surface area contributed by atoms with E-state index in [1.54, 1.807) is 19.2 Å². The number of hydrogen-bond donors (Lipinski definition) is 2. The average molecular weight is 221 g/mol. The number of aliphatic imine (C=N–C) groups is 1. The van der Waals surface area contributed by atoms with Crippen LogP contribution in [0.5, 0.6) is 11.5 Å². The van der Waals surface area contributed by atoms with Crippen LogP contribution in [0.2, 0.25) is 0 Å². The number of hydrogen-bond acceptors (Lipinski definition) is 3. The van der Waals surface area contributed by atoms with Gasteiger partial charge in [0.2, 0.25) is 0 Å². The standard InChI is InChI=1S/C13H19NO2/c1-4-10(7-9(2)14-3)12-6-5-11(15)8-13(12)16/h5-6,8,10,15-16H,4,7H2,1-3H3. The maximum absolute atomic E-state index is 9.78. The summed E-state index contributed by atoms with van der Waals surface area (Å²) in [6.07, 6.45) is 1.77. The number of nitrogens with zero attached hydrogens (tertiary/aromatic N) is 1. The Morgan fingerprint density at radius 1 is 1.38 bits per heavy atom. The molecule has 0 bridgehead atoms. The molecule has 0 heterocycles. The molecule has 1 aromatic carbocycles. The topological polar surface area (TPSA) is 52.8 Å². The second kappa shape index (κ2) is 5.54. The van der Waals surface area contributed by atoms with Crippen LogP contribution in [-0.4, -0.2) is 23.0 Å². The summed E-state index contributed by atoms with van der Waals surface area (Å²) in [4.78, 5) is 4.13. The van der Waals surface area contributed by atoms with E-state index >= 15 is 0 Å². The lowest BCUT2D eigenvalue weighted by Crippen LogP contribution is -2.04. The van der Waals surface area contributed by atoms with Crippen LogP contribution in [0.15, 0.2) is 23.2 Å². The third-order valence-corrected chi connectivity index (χ3v) is 2.87. The van der Waals surface area contributed by atoms with Gasteiger partial charge in [-0.25, -0.2) is 0 Å². The van der Waals surface area contributed by atoms with E-state index in [1.807, 2.05) is 6.92 Å². The van der Waals surface area contributed by atoms with Crippen molar-refractivity contribution < 1.29 is 10.2 Å². The highest BCUT2D eigenvalue weighted by molar-refractivity contribution is 5.82. The number of phenols is 2. The van der Waals surface area contributed by atoms with Gasteiger partial charge < -0.3 is 10.2 Å². The summed E-state index contributed by atoms with van der Waals surface area (Å²) in [6.45, 7) is 4.07. The van der Waals surface area contributed by atoms with Crippen molar-refractivity contribution in [2.45, 2.75) is 32.6 Å². The van der Waals surface area contributed by atoms with Crippen LogP contribution >= 0.6 is 0 Å². The molecule has 88 valence electrons. The molecular weight excluding hydrogens is 202 g/mol. The number of rotatable bonds is 4. The van der Waals surface area contributed by atoms with E-state index in [0.29, 0.717) is 0 Å². The Bertz CT molecular complexity index is 386. The molecule has 2 N–H and O–H groups in total. The number of phenolic OH excluding ortho intramolecular Hbond substituents is 2. The third kappa shape index (κ3) is 2.99. The van der Waals surface area contributed by atoms with Gasteiger partial charge in [-0.3, -0.25) is 4.99 Å². The molecule has 0 aliphatic heterocycles. The van der Waals surface area contributed by atoms with Crippen LogP contribution in [0.3, 0.4) is 0 Å². The first-order valence-electron chi connectivity index (χ1n) is 5.52. The van der Waals surface area contributed by atoms with Gasteiger partial charge in [0.05, 0.1) is 0 Å². The van der Waals surface area contributed by atoms with Gasteiger partial charge in [0.1, 0.15) is 11.5 Å². The van der Waals surface area contributed by atoms with E-state index in [9.17, 15) is 10.2 Å². The SMILES string of the molecule is CCC(CC(C)=NC)c1ccc(O)cc1O. The summed E-state index contributed by atoms with van der Waals surface area (Å²) in [5.74, 6) is 0.511. The van der Waals surface area contributed by atoms with Crippen molar-refractivity contribution in [1.82, 2.24) is 0 Å². The first-order valence-corrected chi connectivity index (χ1v) is 5.52. The van der Waals surface area contributed by atoms with Crippen LogP contribution in [0.4, 0.5) is 0 Å². The van der Waals surface area contributed by atoms with Gasteiger partial charge in [0.15, 0.2) is 0 Å². The Morgan fingerprint density at radius 3 is 2.56 bits per heavy atom. The number of aromatic hydroxyl groups is 2. The summed E-state index contributed by atoms with van der Waals surface area (Å²) in [6, 6.07) is 4.77. The minimum atomic E-state index is 0.0944. The van der Waals surface area contributed by atoms with E-state index in [-0.39, 0.29) is 17.4 Å². The molecule has 0 saturated heterocycles. The zero-order valence-corrected chi connectivity index (χ0v) is 10.1. The molecule has 0 spiro atoms. The fourth-order valence-corrected chi connectivity index (χ4v) is 1.80. The molecule has 1 atom stereocenters. The van der Waals surface area contributed by atoms with Crippen molar-refractivity contribution >= 4 is 5.71 Å². The second-order valence-corrected chi connectivity index (χ2v) is 4.01. The highest BCUT2D eigenvalue weighted by atomic mass is 16.3. The van der Waals surface area contributed by atoms with Crippen molar-refractivity contribution in [3.8, 4) is 11.5 Å². The van der Waals surface area contributed by atoms with E-state index in [2.05, 4.69) is 11.9 Å². The van der Waals surface area contributed by atoms with Crippen molar-refractivity contribution in [2.24, 2.45) is 4.99 Å². The van der Waals surface area contributed by atoms with Crippen LogP contribution in [0, 0.1) is 0 Å². The van der Waals surface area contributed by atoms with Crippen molar-refractivity contribution in [3.63, 3.8) is 0 Å². The molecule has 0 fully saturated rings. The monoisotopic (exact) mass is 221 g/mol. The molecule has 3 heteroatoms. The lowest BCUT2D eigenvalue weighted by molar-refractivity contribution is 0.441. The summed E-state index contributed by atoms with van der Waals surface area (Å²) in [5, 5.41) is 19.0. The smallest absolute Gasteiger partial charge is 0.122 e. The summed E-state index contributed by atoms with van der Waals surface area (Å²) in [7, 11) is 1.78. The summed E-state index contributed by atoms with van der Waals surface area (Å²) < 4.78 is 0. The molecule has 3 nitrogen and oxygen atoms in total. The minimum Gasteiger partial charge on any atom is -0.508 e. The van der Waals surface area contributed by atoms with E-state index in [1.165, 1.54) is 6.07 Å². The highest BCUT2D eigenvalue weighted by Gasteiger charge is 2.14. The largest absolute Gasteiger partial charge is 0.508 e. The number of benzene rings is 1. The Kier molecular flexibility index (Phi) is 4.35. The Labute approximate surface area is 96.5 Å². The molecule has 0 saturated carbocycles. The Balaban J connectivity index is 2.95. The van der Waals surface area contributed by atoms with Gasteiger partial charge in [0.25, 0.3) is 0 Å². The summed E-state index contributed by atoms with van der Waals surface area (Å²) in [5.41, 5.74) is 1.95. The molecule has 1 rings (SSSR count). The Hall–Kier alpha value is -1.51. The van der Waals surface area contributed by atoms with Gasteiger partial charge in [-0.1, -0.05) is 13.0 Å². The van der Waals surface area contributed by atoms with Crippen LogP contribution < -0.4 is 0 Å². The van der Waals surface area contributed by atoms with Gasteiger partial charge in [-0.2, -0.15) is 0 Å². The van der Waals surface area contributed by atoms with Crippen LogP contribution in [0.1, 0.15) is 38.2 Å². The lowest BCUT2D eigenvalue weighted by atomic mass is 9.90. The highest BCUT2D eigenvalue weighted by Crippen LogP contribution is 2.33. The molecule has 0 aliphatic carbocycles. The second-order valence-electron chi connectivity index (χ2n) is 4.01. The third-order valence-electron chi connectivity index (χ3n) is 2.87. The molecule has 0 amide bonds. The minimum absolute atomic E-state index is 0.0944. The first kappa shape index (κ1) is 12.6. The van der Waals surface area contributed by atoms with E-state index < -0.39 is 0 Å². The molecule has 1 aromatic rings. The van der Waals surface area contributed by atoms with Crippen LogP contribution in [0.25, 0.3) is 0 Å². The predicted molar refractivity (Wildman–Crippen MR) is 66.5 cm³/mol. The zero-order valence-electron chi connectivity index (χ0n) is 10.1. The van der Waals surface area contributed by atoms with E-state index in [0.717, 1.165) is 24.1 Å². The molecule has 0 aromatic heterocycles. The van der Waals surface area contributed by atoms with Crippen molar-refractivity contribution in [3.05, 3.63) is 23.8 Å². The van der Waals surface area contributed by atoms with Crippen LogP contribution in [-0.2, 0) is 0 Å². The lowest BCUT2D eigenvalue weighted by Gasteiger charge is -2.16. The fourth-order valence-electron chi connectivity index (χ4n) is 1.80. The molecular formula is C13H19NO2. The molecule has 1 unspecified atom stereocenters. The molecule has 0 radical (unpaired) electrons. The van der Waals surface area contributed by atoms with E-state index in [4.69, 9.17) is 0 Å². The first-order chi connectivity index (χ1) is 7.58. The maximum atomic E-state index is 9.78. The van der Waals surface area contributed by atoms with Gasteiger partial charge in [0, 0.05) is 18.8 Å². The van der Waals surface area contributed by atoms with Gasteiger partial charge in [-0.05, 0) is 37.3 Å². The van der Waals surface area contributed by atoms with Crippen molar-refractivity contribution in [1.29, 1.82) is 0 Å². The summed E-state index contributed by atoms with van der Waals surface area (Å²) >= 11 is 0. The molecule has 0 aliphatic rings. The predicted octanol–water partition coefficient (Wildman–Crippen LogP) is 3.07. The van der Waals surface area contributed by atoms with Crippen molar-refractivity contribution in [2.75, 3.05) is 7.05 Å². The Morgan fingerprint density at radius 2 is 2.06 bits per heavy atom. The quantitative estimate of drug-likeness (QED) is 0.768. The fraction of sp³-hybridized carbons (Fsp3) is 0.462. The average Bonchev–Trinajstić information content (AvgIpc) is 2.26. The zero-order chi connectivity index (χ0) is 12.1. The molecule has 16 heavy (non-hydrogen) atoms. The normalized spacial score (nSPS) is 13.8. The van der Waals surface area contributed by atoms with Gasteiger partial charge >= 0.3 is 0 Å².